The van der Waals surface area contributed by atoms with E-state index >= 15 is 0 Å². The van der Waals surface area contributed by atoms with Crippen LogP contribution < -0.4 is 4.52 Å². The molecular weight excluding hydrogens is 215 g/mol. The Bertz CT molecular complexity index is 302. The third kappa shape index (κ3) is 5.09. The van der Waals surface area contributed by atoms with Crippen LogP contribution in [0.25, 0.3) is 0 Å². The Balaban J connectivity index is 2.64. The van der Waals surface area contributed by atoms with Crippen molar-refractivity contribution in [2.24, 2.45) is 5.92 Å². The molecule has 0 spiro atoms. The smallest absolute Gasteiger partial charge is 0.261 e. The van der Waals surface area contributed by atoms with Crippen LogP contribution in [0.5, 0.6) is 5.75 Å². The highest BCUT2D eigenvalue weighted by Gasteiger charge is 2.34. The molecule has 1 rings (SSSR count). The molecule has 5 heteroatoms. The van der Waals surface area contributed by atoms with Crippen molar-refractivity contribution in [2.45, 2.75) is 20.3 Å². The molecule has 0 saturated heterocycles. The zero-order chi connectivity index (χ0) is 11.5. The summed E-state index contributed by atoms with van der Waals surface area (Å²) in [5.41, 5.74) is 1.15. The highest BCUT2D eigenvalue weighted by atomic mass is 31.2. The Morgan fingerprint density at radius 2 is 1.67 bits per heavy atom. The highest BCUT2D eigenvalue weighted by molar-refractivity contribution is 7.53. The van der Waals surface area contributed by atoms with Gasteiger partial charge in [0.2, 0.25) is 0 Å². The van der Waals surface area contributed by atoms with Gasteiger partial charge >= 0.3 is 8.17 Å². The normalized spacial score (nSPS) is 11.9. The van der Waals surface area contributed by atoms with E-state index in [1.54, 1.807) is 12.1 Å². The lowest BCUT2D eigenvalue weighted by Gasteiger charge is -2.06. The fourth-order valence-corrected chi connectivity index (χ4v) is 1.70. The molecule has 0 saturated carbocycles. The van der Waals surface area contributed by atoms with E-state index in [0.717, 1.165) is 12.0 Å². The third-order valence-corrected chi connectivity index (χ3v) is 2.25. The lowest BCUT2D eigenvalue weighted by Crippen LogP contribution is -1.98. The molecule has 0 radical (unpaired) electrons. The van der Waals surface area contributed by atoms with E-state index in [-0.39, 0.29) is 5.75 Å². The molecule has 0 unspecified atom stereocenters. The zero-order valence-corrected chi connectivity index (χ0v) is 9.69. The Labute approximate surface area is 89.8 Å². The first kappa shape index (κ1) is 12.4. The van der Waals surface area contributed by atoms with Crippen LogP contribution in [-0.4, -0.2) is 14.7 Å². The Kier molecular flexibility index (Phi) is 4.05. The predicted molar refractivity (Wildman–Crippen MR) is 59.2 cm³/mol. The molecule has 0 atom stereocenters. The van der Waals surface area contributed by atoms with Crippen LogP contribution in [0, 0.1) is 5.92 Å². The molecule has 4 nitrogen and oxygen atoms in total. The Hall–Kier alpha value is -0.670. The topological polar surface area (TPSA) is 69.9 Å². The minimum atomic E-state index is -4.18. The van der Waals surface area contributed by atoms with Crippen molar-refractivity contribution >= 4 is 8.17 Å². The van der Waals surface area contributed by atoms with Crippen molar-refractivity contribution < 1.29 is 19.2 Å². The molecule has 0 amide bonds. The van der Waals surface area contributed by atoms with Crippen LogP contribution in [0.2, 0.25) is 0 Å². The van der Waals surface area contributed by atoms with Crippen molar-refractivity contribution in [2.75, 3.05) is 0 Å². The van der Waals surface area contributed by atoms with E-state index in [1.807, 2.05) is 12.1 Å². The van der Waals surface area contributed by atoms with E-state index in [1.165, 1.54) is 0 Å². The average Bonchev–Trinajstić information content (AvgIpc) is 2.05. The second-order valence-corrected chi connectivity index (χ2v) is 5.06. The lowest BCUT2D eigenvalue weighted by molar-refractivity contribution is 0.238. The monoisotopic (exact) mass is 231 g/mol. The second kappa shape index (κ2) is 4.90. The molecule has 3 N–H and O–H groups in total. The molecule has 0 bridgehead atoms. The molecule has 0 aliphatic carbocycles. The molecule has 1 aromatic rings. The van der Waals surface area contributed by atoms with Crippen molar-refractivity contribution in [3.8, 4) is 5.75 Å². The maximum absolute atomic E-state index is 8.69. The van der Waals surface area contributed by atoms with Crippen molar-refractivity contribution in [1.29, 1.82) is 0 Å². The summed E-state index contributed by atoms with van der Waals surface area (Å²) in [7, 11) is -4.18. The molecule has 0 aromatic heterocycles. The predicted octanol–water partition coefficient (Wildman–Crippen LogP) is 1.92. The largest absolute Gasteiger partial charge is 0.613 e. The molecule has 15 heavy (non-hydrogen) atoms. The summed E-state index contributed by atoms with van der Waals surface area (Å²) in [6.07, 6.45) is 0.956. The van der Waals surface area contributed by atoms with Gasteiger partial charge in [0, 0.05) is 0 Å². The van der Waals surface area contributed by atoms with Crippen LogP contribution >= 0.6 is 8.17 Å². The van der Waals surface area contributed by atoms with E-state index in [4.69, 9.17) is 14.7 Å². The minimum Gasteiger partial charge on any atom is -0.261 e. The molecule has 0 aliphatic rings. The van der Waals surface area contributed by atoms with Crippen LogP contribution in [0.15, 0.2) is 24.3 Å². The lowest BCUT2D eigenvalue weighted by atomic mass is 10.0. The number of rotatable bonds is 4. The Morgan fingerprint density at radius 3 is 2.07 bits per heavy atom. The first-order chi connectivity index (χ1) is 6.87. The molecule has 0 fully saturated rings. The van der Waals surface area contributed by atoms with Gasteiger partial charge < -0.3 is 0 Å². The molecule has 1 aromatic carbocycles. The maximum atomic E-state index is 8.69. The summed E-state index contributed by atoms with van der Waals surface area (Å²) in [4.78, 5) is 26.1. The second-order valence-electron chi connectivity index (χ2n) is 3.85. The van der Waals surface area contributed by atoms with Gasteiger partial charge in [0.15, 0.2) is 5.75 Å². The quantitative estimate of drug-likeness (QED) is 0.692. The van der Waals surface area contributed by atoms with Gasteiger partial charge in [-0.25, -0.2) is 0 Å². The maximum Gasteiger partial charge on any atom is 0.613 e. The summed E-state index contributed by atoms with van der Waals surface area (Å²) < 4.78 is 4.54. The van der Waals surface area contributed by atoms with Gasteiger partial charge in [0.1, 0.15) is 0 Å². The zero-order valence-electron chi connectivity index (χ0n) is 8.79. The summed E-state index contributed by atoms with van der Waals surface area (Å²) in [6.45, 7) is 4.24. The van der Waals surface area contributed by atoms with Gasteiger partial charge in [-0.3, -0.25) is 4.52 Å². The summed E-state index contributed by atoms with van der Waals surface area (Å²) in [5.74, 6) is 0.820. The highest BCUT2D eigenvalue weighted by Crippen LogP contribution is 2.45. The summed E-state index contributed by atoms with van der Waals surface area (Å²) in [5, 5.41) is 0. The van der Waals surface area contributed by atoms with E-state index in [0.29, 0.717) is 5.92 Å². The van der Waals surface area contributed by atoms with Gasteiger partial charge in [-0.15, -0.1) is 0 Å². The van der Waals surface area contributed by atoms with Gasteiger partial charge in [-0.05, 0) is 30.0 Å². The average molecular weight is 231 g/mol. The molecule has 0 aliphatic heterocycles. The van der Waals surface area contributed by atoms with Crippen molar-refractivity contribution in [1.82, 2.24) is 0 Å². The minimum absolute atomic E-state index is 0.253. The molecule has 0 heterocycles. The van der Waals surface area contributed by atoms with E-state index in [9.17, 15) is 0 Å². The van der Waals surface area contributed by atoms with Gasteiger partial charge in [-0.2, -0.15) is 14.7 Å². The third-order valence-electron chi connectivity index (χ3n) is 1.80. The fraction of sp³-hybridized carbons (Fsp3) is 0.400. The first-order valence-corrected chi connectivity index (χ1v) is 6.29. The standard InChI is InChI=1S/C10H16O4P/c1-8(2)7-9-3-5-10(6-4-9)14-15(11,12)13/h3-6,8,11-13H,7H2,1-2H3/q+1. The number of hydrogen-bond acceptors (Lipinski definition) is 4. The number of hydrogen-bond donors (Lipinski definition) is 3. The van der Waals surface area contributed by atoms with Gasteiger partial charge in [0.25, 0.3) is 0 Å². The summed E-state index contributed by atoms with van der Waals surface area (Å²) in [6, 6.07) is 6.89. The van der Waals surface area contributed by atoms with Crippen LogP contribution in [0.4, 0.5) is 0 Å². The van der Waals surface area contributed by atoms with Crippen molar-refractivity contribution in [3.05, 3.63) is 29.8 Å². The molecular formula is C10H16O4P+. The van der Waals surface area contributed by atoms with Crippen LogP contribution in [0.1, 0.15) is 19.4 Å². The van der Waals surface area contributed by atoms with Crippen LogP contribution in [-0.2, 0) is 6.42 Å². The van der Waals surface area contributed by atoms with Crippen LogP contribution in [0.3, 0.4) is 0 Å². The number of benzene rings is 1. The fourth-order valence-electron chi connectivity index (χ4n) is 1.30. The first-order valence-electron chi connectivity index (χ1n) is 4.72. The van der Waals surface area contributed by atoms with Crippen molar-refractivity contribution in [3.63, 3.8) is 0 Å². The summed E-state index contributed by atoms with van der Waals surface area (Å²) >= 11 is 0. The van der Waals surface area contributed by atoms with E-state index < -0.39 is 8.17 Å². The van der Waals surface area contributed by atoms with E-state index in [2.05, 4.69) is 18.4 Å². The van der Waals surface area contributed by atoms with Gasteiger partial charge in [0.05, 0.1) is 0 Å². The Morgan fingerprint density at radius 1 is 1.13 bits per heavy atom. The molecule has 84 valence electrons. The SMILES string of the molecule is CC(C)Cc1ccc(O[P+](O)(O)O)cc1. The van der Waals surface area contributed by atoms with Gasteiger partial charge in [-0.1, -0.05) is 26.0 Å².